The zero-order valence-corrected chi connectivity index (χ0v) is 18.0. The predicted molar refractivity (Wildman–Crippen MR) is 122 cm³/mol. The van der Waals surface area contributed by atoms with E-state index in [0.29, 0.717) is 29.8 Å². The van der Waals surface area contributed by atoms with Crippen LogP contribution in [0.4, 0.5) is 16.4 Å². The van der Waals surface area contributed by atoms with Crippen LogP contribution in [0.3, 0.4) is 0 Å². The Hall–Kier alpha value is -3.54. The number of fused-ring (bicyclic) bond motifs is 1. The van der Waals surface area contributed by atoms with Crippen molar-refractivity contribution in [2.75, 3.05) is 10.6 Å². The molecule has 6 heteroatoms. The van der Waals surface area contributed by atoms with E-state index in [1.54, 1.807) is 12.1 Å². The van der Waals surface area contributed by atoms with Gasteiger partial charge in [0.05, 0.1) is 11.3 Å². The smallest absolute Gasteiger partial charge is 0.308 e. The van der Waals surface area contributed by atoms with Gasteiger partial charge in [-0.3, -0.25) is 10.1 Å². The van der Waals surface area contributed by atoms with Gasteiger partial charge in [-0.05, 0) is 41.0 Å². The summed E-state index contributed by atoms with van der Waals surface area (Å²) in [6.45, 7) is 6.55. The number of urea groups is 1. The molecular formula is C25H26N4O2. The minimum Gasteiger partial charge on any atom is -0.308 e. The SMILES string of the molecule is CC(C)(C)c1ccc(C2CC(=O)c3cnc(NC(=O)Nc4ccccc4)nc3C2)cc1. The fourth-order valence-electron chi connectivity index (χ4n) is 3.78. The number of nitrogens with one attached hydrogen (secondary N) is 2. The first kappa shape index (κ1) is 20.7. The minimum absolute atomic E-state index is 0.0337. The normalized spacial score (nSPS) is 15.8. The first-order valence-corrected chi connectivity index (χ1v) is 10.4. The van der Waals surface area contributed by atoms with Crippen LogP contribution in [0.5, 0.6) is 0 Å². The number of anilines is 2. The number of hydrogen-bond acceptors (Lipinski definition) is 4. The van der Waals surface area contributed by atoms with Crippen LogP contribution < -0.4 is 10.6 Å². The number of ketones is 1. The van der Waals surface area contributed by atoms with Gasteiger partial charge in [0.15, 0.2) is 5.78 Å². The van der Waals surface area contributed by atoms with Crippen LogP contribution in [-0.2, 0) is 11.8 Å². The Kier molecular flexibility index (Phi) is 5.55. The molecule has 6 nitrogen and oxygen atoms in total. The molecule has 2 aromatic carbocycles. The molecule has 3 aromatic rings. The van der Waals surface area contributed by atoms with Crippen LogP contribution in [0.25, 0.3) is 0 Å². The standard InChI is InChI=1S/C25H26N4O2/c1-25(2,3)18-11-9-16(10-12-18)17-13-21-20(22(30)14-17)15-26-23(28-21)29-24(31)27-19-7-5-4-6-8-19/h4-12,15,17H,13-14H2,1-3H3,(H2,26,27,28,29,31). The molecular weight excluding hydrogens is 388 g/mol. The molecule has 4 rings (SSSR count). The molecule has 158 valence electrons. The Labute approximate surface area is 182 Å². The first-order valence-electron chi connectivity index (χ1n) is 10.4. The van der Waals surface area contributed by atoms with Crippen LogP contribution >= 0.6 is 0 Å². The lowest BCUT2D eigenvalue weighted by atomic mass is 9.80. The monoisotopic (exact) mass is 414 g/mol. The number of para-hydroxylation sites is 1. The van der Waals surface area contributed by atoms with Crippen molar-refractivity contribution in [2.24, 2.45) is 0 Å². The Morgan fingerprint density at radius 3 is 2.35 bits per heavy atom. The summed E-state index contributed by atoms with van der Waals surface area (Å²) in [5, 5.41) is 5.38. The second kappa shape index (κ2) is 8.30. The van der Waals surface area contributed by atoms with Gasteiger partial charge >= 0.3 is 6.03 Å². The van der Waals surface area contributed by atoms with E-state index in [2.05, 4.69) is 65.6 Å². The Morgan fingerprint density at radius 2 is 1.68 bits per heavy atom. The Balaban J connectivity index is 1.50. The zero-order chi connectivity index (χ0) is 22.0. The summed E-state index contributed by atoms with van der Waals surface area (Å²) in [4.78, 5) is 33.6. The van der Waals surface area contributed by atoms with Gasteiger partial charge in [-0.25, -0.2) is 14.8 Å². The highest BCUT2D eigenvalue weighted by Gasteiger charge is 2.28. The summed E-state index contributed by atoms with van der Waals surface area (Å²) in [7, 11) is 0. The van der Waals surface area contributed by atoms with E-state index < -0.39 is 6.03 Å². The third-order valence-electron chi connectivity index (χ3n) is 5.54. The lowest BCUT2D eigenvalue weighted by Gasteiger charge is -2.25. The van der Waals surface area contributed by atoms with Gasteiger partial charge < -0.3 is 5.32 Å². The Bertz CT molecular complexity index is 1100. The van der Waals surface area contributed by atoms with Crippen LogP contribution in [0.15, 0.2) is 60.8 Å². The van der Waals surface area contributed by atoms with Crippen molar-refractivity contribution in [1.82, 2.24) is 9.97 Å². The van der Waals surface area contributed by atoms with Gasteiger partial charge in [0.1, 0.15) is 0 Å². The molecule has 1 heterocycles. The summed E-state index contributed by atoms with van der Waals surface area (Å²) < 4.78 is 0. The van der Waals surface area contributed by atoms with Gasteiger partial charge in [0.2, 0.25) is 5.95 Å². The zero-order valence-electron chi connectivity index (χ0n) is 18.0. The third-order valence-corrected chi connectivity index (χ3v) is 5.54. The van der Waals surface area contributed by atoms with E-state index >= 15 is 0 Å². The molecule has 31 heavy (non-hydrogen) atoms. The summed E-state index contributed by atoms with van der Waals surface area (Å²) in [5.41, 5.74) is 4.36. The maximum absolute atomic E-state index is 12.7. The van der Waals surface area contributed by atoms with Gasteiger partial charge in [-0.1, -0.05) is 63.2 Å². The van der Waals surface area contributed by atoms with Gasteiger partial charge in [-0.2, -0.15) is 0 Å². The van der Waals surface area contributed by atoms with Crippen molar-refractivity contribution in [1.29, 1.82) is 0 Å². The second-order valence-electron chi connectivity index (χ2n) is 8.90. The number of Topliss-reactive ketones (excluding diaryl/α,β-unsaturated/α-hetero) is 1. The highest BCUT2D eigenvalue weighted by Crippen LogP contribution is 2.33. The first-order chi connectivity index (χ1) is 14.8. The molecule has 0 fully saturated rings. The highest BCUT2D eigenvalue weighted by atomic mass is 16.2. The van der Waals surface area contributed by atoms with Crippen molar-refractivity contribution >= 4 is 23.5 Å². The van der Waals surface area contributed by atoms with Crippen molar-refractivity contribution in [3.05, 3.63) is 83.2 Å². The number of rotatable bonds is 3. The molecule has 0 aliphatic heterocycles. The summed E-state index contributed by atoms with van der Waals surface area (Å²) >= 11 is 0. The number of nitrogens with zero attached hydrogens (tertiary/aromatic N) is 2. The number of aromatic nitrogens is 2. The molecule has 2 N–H and O–H groups in total. The van der Waals surface area contributed by atoms with E-state index in [-0.39, 0.29) is 23.1 Å². The van der Waals surface area contributed by atoms with Crippen LogP contribution in [-0.4, -0.2) is 21.8 Å². The number of carbonyl (C=O) groups excluding carboxylic acids is 2. The lowest BCUT2D eigenvalue weighted by molar-refractivity contribution is 0.0962. The molecule has 1 atom stereocenters. The predicted octanol–water partition coefficient (Wildman–Crippen LogP) is 5.33. The molecule has 1 aliphatic carbocycles. The van der Waals surface area contributed by atoms with Gasteiger partial charge in [0.25, 0.3) is 0 Å². The van der Waals surface area contributed by atoms with Gasteiger partial charge in [0, 0.05) is 18.3 Å². The fourth-order valence-corrected chi connectivity index (χ4v) is 3.78. The number of carbonyl (C=O) groups is 2. The molecule has 2 amide bonds. The topological polar surface area (TPSA) is 84.0 Å². The average Bonchev–Trinajstić information content (AvgIpc) is 2.73. The van der Waals surface area contributed by atoms with E-state index in [9.17, 15) is 9.59 Å². The molecule has 1 aromatic heterocycles. The van der Waals surface area contributed by atoms with Gasteiger partial charge in [-0.15, -0.1) is 0 Å². The minimum atomic E-state index is -0.428. The van der Waals surface area contributed by atoms with E-state index in [1.165, 1.54) is 11.8 Å². The molecule has 0 spiro atoms. The summed E-state index contributed by atoms with van der Waals surface area (Å²) in [5.74, 6) is 0.282. The number of benzene rings is 2. The largest absolute Gasteiger partial charge is 0.326 e. The summed E-state index contributed by atoms with van der Waals surface area (Å²) in [6.07, 6.45) is 2.58. The van der Waals surface area contributed by atoms with Crippen molar-refractivity contribution in [2.45, 2.75) is 44.9 Å². The fraction of sp³-hybridized carbons (Fsp3) is 0.280. The second-order valence-corrected chi connectivity index (χ2v) is 8.90. The van der Waals surface area contributed by atoms with E-state index in [4.69, 9.17) is 0 Å². The van der Waals surface area contributed by atoms with Crippen LogP contribution in [0.2, 0.25) is 0 Å². The van der Waals surface area contributed by atoms with E-state index in [0.717, 1.165) is 5.56 Å². The summed E-state index contributed by atoms with van der Waals surface area (Å²) in [6, 6.07) is 17.2. The third kappa shape index (κ3) is 4.79. The maximum Gasteiger partial charge on any atom is 0.326 e. The highest BCUT2D eigenvalue weighted by molar-refractivity contribution is 6.00. The van der Waals surface area contributed by atoms with Crippen LogP contribution in [0.1, 0.15) is 60.3 Å². The maximum atomic E-state index is 12.7. The van der Waals surface area contributed by atoms with Crippen molar-refractivity contribution < 1.29 is 9.59 Å². The Morgan fingerprint density at radius 1 is 0.968 bits per heavy atom. The molecule has 1 aliphatic rings. The number of amides is 2. The van der Waals surface area contributed by atoms with Crippen molar-refractivity contribution in [3.8, 4) is 0 Å². The van der Waals surface area contributed by atoms with Crippen LogP contribution in [0, 0.1) is 0 Å². The molecule has 1 unspecified atom stereocenters. The molecule has 0 saturated carbocycles. The lowest BCUT2D eigenvalue weighted by Crippen LogP contribution is -2.24. The average molecular weight is 415 g/mol. The molecule has 0 radical (unpaired) electrons. The molecule has 0 saturated heterocycles. The van der Waals surface area contributed by atoms with Crippen molar-refractivity contribution in [3.63, 3.8) is 0 Å². The number of hydrogen-bond donors (Lipinski definition) is 2. The molecule has 0 bridgehead atoms. The van der Waals surface area contributed by atoms with E-state index in [1.807, 2.05) is 18.2 Å². The quantitative estimate of drug-likeness (QED) is 0.607.